The molecule has 2 aromatic rings. The monoisotopic (exact) mass is 250 g/mol. The lowest BCUT2D eigenvalue weighted by molar-refractivity contribution is 1.05. The van der Waals surface area contributed by atoms with Crippen LogP contribution >= 0.6 is 23.4 Å². The molecule has 0 aliphatic heterocycles. The van der Waals surface area contributed by atoms with Crippen LogP contribution in [0.25, 0.3) is 0 Å². The van der Waals surface area contributed by atoms with Crippen molar-refractivity contribution in [3.05, 3.63) is 52.9 Å². The van der Waals surface area contributed by atoms with E-state index in [2.05, 4.69) is 41.2 Å². The normalized spacial score (nSPS) is 10.4. The Balaban J connectivity index is 2.02. The van der Waals surface area contributed by atoms with Gasteiger partial charge in [0.15, 0.2) is 0 Å². The fraction of sp³-hybridized carbons (Fsp3) is 0.167. The standard InChI is InChI=1S/C12H11ClN2S/c1-9-3-2-4-10(5-9)7-16-12-6-11(13)14-8-15-12/h2-6,8H,7H2,1H3. The van der Waals surface area contributed by atoms with Crippen molar-refractivity contribution in [3.8, 4) is 0 Å². The number of thioether (sulfide) groups is 1. The first-order valence-electron chi connectivity index (χ1n) is 4.90. The van der Waals surface area contributed by atoms with Gasteiger partial charge in [0.2, 0.25) is 0 Å². The minimum Gasteiger partial charge on any atom is -0.230 e. The molecule has 0 spiro atoms. The number of aryl methyl sites for hydroxylation is 1. The van der Waals surface area contributed by atoms with E-state index in [0.717, 1.165) is 10.8 Å². The van der Waals surface area contributed by atoms with Gasteiger partial charge in [0.25, 0.3) is 0 Å². The van der Waals surface area contributed by atoms with Crippen LogP contribution < -0.4 is 0 Å². The number of hydrogen-bond donors (Lipinski definition) is 0. The van der Waals surface area contributed by atoms with Gasteiger partial charge in [0.05, 0.1) is 0 Å². The van der Waals surface area contributed by atoms with Crippen molar-refractivity contribution in [1.29, 1.82) is 0 Å². The molecule has 1 aromatic heterocycles. The maximum Gasteiger partial charge on any atom is 0.133 e. The quantitative estimate of drug-likeness (QED) is 0.613. The Bertz CT molecular complexity index is 442. The lowest BCUT2D eigenvalue weighted by Crippen LogP contribution is -1.85. The van der Waals surface area contributed by atoms with Gasteiger partial charge in [-0.1, -0.05) is 41.4 Å². The minimum absolute atomic E-state index is 0.488. The summed E-state index contributed by atoms with van der Waals surface area (Å²) >= 11 is 7.45. The van der Waals surface area contributed by atoms with Crippen LogP contribution in [0.2, 0.25) is 5.15 Å². The van der Waals surface area contributed by atoms with Gasteiger partial charge < -0.3 is 0 Å². The first kappa shape index (κ1) is 11.4. The van der Waals surface area contributed by atoms with Gasteiger partial charge >= 0.3 is 0 Å². The molecule has 0 atom stereocenters. The van der Waals surface area contributed by atoms with Crippen molar-refractivity contribution >= 4 is 23.4 Å². The molecule has 0 aliphatic carbocycles. The highest BCUT2D eigenvalue weighted by molar-refractivity contribution is 7.98. The van der Waals surface area contributed by atoms with E-state index < -0.39 is 0 Å². The molecular weight excluding hydrogens is 240 g/mol. The van der Waals surface area contributed by atoms with E-state index >= 15 is 0 Å². The predicted octanol–water partition coefficient (Wildman–Crippen LogP) is 3.73. The van der Waals surface area contributed by atoms with Gasteiger partial charge in [-0.2, -0.15) is 0 Å². The Morgan fingerprint density at radius 3 is 2.88 bits per heavy atom. The molecular formula is C12H11ClN2S. The summed E-state index contributed by atoms with van der Waals surface area (Å²) in [6, 6.07) is 10.2. The van der Waals surface area contributed by atoms with Crippen molar-refractivity contribution < 1.29 is 0 Å². The van der Waals surface area contributed by atoms with Gasteiger partial charge in [0.1, 0.15) is 16.5 Å². The van der Waals surface area contributed by atoms with Crippen LogP contribution in [-0.4, -0.2) is 9.97 Å². The first-order valence-corrected chi connectivity index (χ1v) is 6.26. The van der Waals surface area contributed by atoms with Gasteiger partial charge in [-0.05, 0) is 12.5 Å². The summed E-state index contributed by atoms with van der Waals surface area (Å²) in [4.78, 5) is 7.99. The highest BCUT2D eigenvalue weighted by Gasteiger charge is 1.99. The van der Waals surface area contributed by atoms with E-state index in [1.165, 1.54) is 17.5 Å². The van der Waals surface area contributed by atoms with Crippen LogP contribution in [0, 0.1) is 6.92 Å². The zero-order valence-electron chi connectivity index (χ0n) is 8.85. The molecule has 0 saturated heterocycles. The third-order valence-corrected chi connectivity index (χ3v) is 3.28. The molecule has 0 aliphatic rings. The molecule has 1 heterocycles. The Morgan fingerprint density at radius 2 is 2.12 bits per heavy atom. The van der Waals surface area contributed by atoms with Crippen LogP contribution in [0.1, 0.15) is 11.1 Å². The fourth-order valence-electron chi connectivity index (χ4n) is 1.36. The molecule has 0 amide bonds. The molecule has 0 bridgehead atoms. The minimum atomic E-state index is 0.488. The van der Waals surface area contributed by atoms with Gasteiger partial charge in [-0.3, -0.25) is 0 Å². The third-order valence-electron chi connectivity index (χ3n) is 2.08. The highest BCUT2D eigenvalue weighted by Crippen LogP contribution is 2.22. The molecule has 82 valence electrons. The summed E-state index contributed by atoms with van der Waals surface area (Å²) in [5.74, 6) is 0.898. The Hall–Kier alpha value is -1.06. The summed E-state index contributed by atoms with van der Waals surface area (Å²) < 4.78 is 0. The molecule has 0 N–H and O–H groups in total. The summed E-state index contributed by atoms with van der Waals surface area (Å²) in [5.41, 5.74) is 2.57. The second-order valence-corrected chi connectivity index (χ2v) is 4.84. The van der Waals surface area contributed by atoms with Crippen LogP contribution in [-0.2, 0) is 5.75 Å². The van der Waals surface area contributed by atoms with Crippen molar-refractivity contribution in [1.82, 2.24) is 9.97 Å². The predicted molar refractivity (Wildman–Crippen MR) is 67.8 cm³/mol. The molecule has 1 aromatic carbocycles. The number of hydrogen-bond acceptors (Lipinski definition) is 3. The van der Waals surface area contributed by atoms with E-state index in [0.29, 0.717) is 5.15 Å². The van der Waals surface area contributed by atoms with Crippen molar-refractivity contribution in [2.24, 2.45) is 0 Å². The molecule has 2 nitrogen and oxygen atoms in total. The summed E-state index contributed by atoms with van der Waals surface area (Å²) in [5, 5.41) is 1.39. The Morgan fingerprint density at radius 1 is 1.25 bits per heavy atom. The highest BCUT2D eigenvalue weighted by atomic mass is 35.5. The largest absolute Gasteiger partial charge is 0.230 e. The smallest absolute Gasteiger partial charge is 0.133 e. The second kappa shape index (κ2) is 5.32. The molecule has 0 radical (unpaired) electrons. The zero-order valence-corrected chi connectivity index (χ0v) is 10.4. The topological polar surface area (TPSA) is 25.8 Å². The maximum atomic E-state index is 5.79. The molecule has 0 unspecified atom stereocenters. The van der Waals surface area contributed by atoms with E-state index in [-0.39, 0.29) is 0 Å². The van der Waals surface area contributed by atoms with Crippen LogP contribution in [0.15, 0.2) is 41.7 Å². The van der Waals surface area contributed by atoms with E-state index in [4.69, 9.17) is 11.6 Å². The SMILES string of the molecule is Cc1cccc(CSc2cc(Cl)ncn2)c1. The average Bonchev–Trinajstić information content (AvgIpc) is 2.27. The zero-order chi connectivity index (χ0) is 11.4. The molecule has 4 heteroatoms. The third kappa shape index (κ3) is 3.22. The number of benzene rings is 1. The summed E-state index contributed by atoms with van der Waals surface area (Å²) in [6.45, 7) is 2.09. The molecule has 16 heavy (non-hydrogen) atoms. The lowest BCUT2D eigenvalue weighted by Gasteiger charge is -2.02. The fourth-order valence-corrected chi connectivity index (χ4v) is 2.38. The van der Waals surface area contributed by atoms with Gasteiger partial charge in [-0.25, -0.2) is 9.97 Å². The molecule has 0 saturated carbocycles. The summed E-state index contributed by atoms with van der Waals surface area (Å²) in [7, 11) is 0. The van der Waals surface area contributed by atoms with Crippen LogP contribution in [0.3, 0.4) is 0 Å². The number of aromatic nitrogens is 2. The summed E-state index contributed by atoms with van der Waals surface area (Å²) in [6.07, 6.45) is 1.49. The Labute approximate surface area is 104 Å². The average molecular weight is 251 g/mol. The number of halogens is 1. The van der Waals surface area contributed by atoms with Crippen molar-refractivity contribution in [3.63, 3.8) is 0 Å². The van der Waals surface area contributed by atoms with E-state index in [1.807, 2.05) is 0 Å². The number of rotatable bonds is 3. The molecule has 0 fully saturated rings. The van der Waals surface area contributed by atoms with Crippen LogP contribution in [0.5, 0.6) is 0 Å². The van der Waals surface area contributed by atoms with Gasteiger partial charge in [0, 0.05) is 11.8 Å². The number of nitrogens with zero attached hydrogens (tertiary/aromatic N) is 2. The van der Waals surface area contributed by atoms with Gasteiger partial charge in [-0.15, -0.1) is 11.8 Å². The van der Waals surface area contributed by atoms with Crippen LogP contribution in [0.4, 0.5) is 0 Å². The van der Waals surface area contributed by atoms with Crippen molar-refractivity contribution in [2.45, 2.75) is 17.7 Å². The first-order chi connectivity index (χ1) is 7.74. The van der Waals surface area contributed by atoms with E-state index in [9.17, 15) is 0 Å². The molecule has 2 rings (SSSR count). The Kier molecular flexibility index (Phi) is 3.80. The lowest BCUT2D eigenvalue weighted by atomic mass is 10.2. The van der Waals surface area contributed by atoms with E-state index in [1.54, 1.807) is 17.8 Å². The maximum absolute atomic E-state index is 5.79. The van der Waals surface area contributed by atoms with Crippen molar-refractivity contribution in [2.75, 3.05) is 0 Å². The second-order valence-electron chi connectivity index (χ2n) is 3.46.